The van der Waals surface area contributed by atoms with E-state index in [1.165, 1.54) is 5.56 Å². The average Bonchev–Trinajstić information content (AvgIpc) is 3.39. The monoisotopic (exact) mass is 529 g/mol. The lowest BCUT2D eigenvalue weighted by molar-refractivity contribution is -0.112. The van der Waals surface area contributed by atoms with Crippen LogP contribution in [0.3, 0.4) is 0 Å². The van der Waals surface area contributed by atoms with E-state index >= 15 is 0 Å². The van der Waals surface area contributed by atoms with Gasteiger partial charge in [0.2, 0.25) is 0 Å². The second-order valence-corrected chi connectivity index (χ2v) is 10.1. The van der Waals surface area contributed by atoms with Crippen molar-refractivity contribution in [3.05, 3.63) is 114 Å². The number of hydrogen-bond donors (Lipinski definition) is 1. The minimum atomic E-state index is -0.664. The third-order valence-electron chi connectivity index (χ3n) is 7.62. The highest BCUT2D eigenvalue weighted by atomic mass is 16.2. The maximum Gasteiger partial charge on any atom is 0.298 e. The van der Waals surface area contributed by atoms with Crippen LogP contribution >= 0.6 is 0 Å². The van der Waals surface area contributed by atoms with E-state index in [-0.39, 0.29) is 0 Å². The fourth-order valence-electron chi connectivity index (χ4n) is 5.23. The van der Waals surface area contributed by atoms with Crippen molar-refractivity contribution in [3.63, 3.8) is 0 Å². The second-order valence-electron chi connectivity index (χ2n) is 10.1. The standard InChI is InChI=1S/C33H31N5O2/c1-23-11-16-30(34-24(23)2)37-20-18-36(19-21-37)27-14-12-26(13-15-27)35-33(40)32(39)31-29(25-8-4-3-5-9-25)22-28-10-6-7-17-38(28)31/h3-17,22H,18-21H2,1-2H3,(H,35,40). The van der Waals surface area contributed by atoms with Crippen LogP contribution < -0.4 is 15.1 Å². The summed E-state index contributed by atoms with van der Waals surface area (Å²) in [6, 6.07) is 29.2. The fraction of sp³-hybridized carbons (Fsp3) is 0.182. The quantitative estimate of drug-likeness (QED) is 0.224. The molecular formula is C33H31N5O2. The lowest BCUT2D eigenvalue weighted by Gasteiger charge is -2.37. The lowest BCUT2D eigenvalue weighted by atomic mass is 10.0. The molecule has 0 radical (unpaired) electrons. The highest BCUT2D eigenvalue weighted by Gasteiger charge is 2.25. The van der Waals surface area contributed by atoms with Gasteiger partial charge >= 0.3 is 0 Å². The van der Waals surface area contributed by atoms with Crippen molar-refractivity contribution < 1.29 is 9.59 Å². The van der Waals surface area contributed by atoms with Gasteiger partial charge in [0.05, 0.1) is 0 Å². The first-order valence-corrected chi connectivity index (χ1v) is 13.5. The number of nitrogens with one attached hydrogen (secondary N) is 1. The predicted octanol–water partition coefficient (Wildman–Crippen LogP) is 5.77. The van der Waals surface area contributed by atoms with Gasteiger partial charge in [-0.25, -0.2) is 4.98 Å². The molecule has 0 saturated carbocycles. The van der Waals surface area contributed by atoms with Crippen LogP contribution in [0.5, 0.6) is 0 Å². The number of hydrogen-bond acceptors (Lipinski definition) is 5. The van der Waals surface area contributed by atoms with Crippen LogP contribution in [0.2, 0.25) is 0 Å². The van der Waals surface area contributed by atoms with Crippen LogP contribution in [0, 0.1) is 13.8 Å². The molecule has 0 aliphatic carbocycles. The molecule has 0 unspecified atom stereocenters. The van der Waals surface area contributed by atoms with Gasteiger partial charge in [-0.2, -0.15) is 0 Å². The van der Waals surface area contributed by atoms with E-state index in [1.807, 2.05) is 92.0 Å². The Bertz CT molecular complexity index is 1680. The van der Waals surface area contributed by atoms with Gasteiger partial charge in [-0.1, -0.05) is 42.5 Å². The minimum Gasteiger partial charge on any atom is -0.368 e. The Morgan fingerprint density at radius 2 is 1.48 bits per heavy atom. The Hall–Kier alpha value is -4.91. The molecule has 40 heavy (non-hydrogen) atoms. The number of carbonyl (C=O) groups is 2. The molecule has 200 valence electrons. The summed E-state index contributed by atoms with van der Waals surface area (Å²) in [5.74, 6) is -0.217. The molecule has 4 heterocycles. The number of piperazine rings is 1. The van der Waals surface area contributed by atoms with Crippen LogP contribution in [-0.4, -0.2) is 47.3 Å². The molecule has 2 aromatic carbocycles. The van der Waals surface area contributed by atoms with E-state index in [0.717, 1.165) is 60.0 Å². The molecule has 5 aromatic rings. The molecule has 7 heteroatoms. The normalized spacial score (nSPS) is 13.4. The van der Waals surface area contributed by atoms with Crippen molar-refractivity contribution in [3.8, 4) is 11.1 Å². The number of aromatic nitrogens is 2. The zero-order valence-electron chi connectivity index (χ0n) is 22.7. The third-order valence-corrected chi connectivity index (χ3v) is 7.62. The molecule has 1 N–H and O–H groups in total. The van der Waals surface area contributed by atoms with Crippen molar-refractivity contribution in [1.29, 1.82) is 0 Å². The van der Waals surface area contributed by atoms with Crippen LogP contribution in [-0.2, 0) is 4.79 Å². The summed E-state index contributed by atoms with van der Waals surface area (Å²) >= 11 is 0. The summed E-state index contributed by atoms with van der Waals surface area (Å²) in [6.07, 6.45) is 1.81. The Morgan fingerprint density at radius 3 is 2.20 bits per heavy atom. The molecule has 1 amide bonds. The molecule has 0 atom stereocenters. The molecule has 3 aromatic heterocycles. The number of fused-ring (bicyclic) bond motifs is 1. The van der Waals surface area contributed by atoms with Gasteiger partial charge < -0.3 is 19.5 Å². The lowest BCUT2D eigenvalue weighted by Crippen LogP contribution is -2.46. The smallest absolute Gasteiger partial charge is 0.298 e. The Kier molecular flexibility index (Phi) is 6.78. The largest absolute Gasteiger partial charge is 0.368 e. The number of aryl methyl sites for hydroxylation is 2. The third kappa shape index (κ3) is 4.94. The zero-order valence-corrected chi connectivity index (χ0v) is 22.7. The number of amides is 1. The molecule has 1 aliphatic heterocycles. The summed E-state index contributed by atoms with van der Waals surface area (Å²) in [7, 11) is 0. The Labute approximate surface area is 233 Å². The van der Waals surface area contributed by atoms with E-state index < -0.39 is 11.7 Å². The number of rotatable bonds is 6. The molecule has 1 aliphatic rings. The van der Waals surface area contributed by atoms with Crippen molar-refractivity contribution in [1.82, 2.24) is 9.38 Å². The van der Waals surface area contributed by atoms with Crippen LogP contribution in [0.4, 0.5) is 17.2 Å². The first kappa shape index (κ1) is 25.4. The van der Waals surface area contributed by atoms with Crippen molar-refractivity contribution in [2.24, 2.45) is 0 Å². The number of pyridine rings is 2. The average molecular weight is 530 g/mol. The van der Waals surface area contributed by atoms with Crippen molar-refractivity contribution in [2.45, 2.75) is 13.8 Å². The zero-order chi connectivity index (χ0) is 27.6. The van der Waals surface area contributed by atoms with E-state index in [0.29, 0.717) is 11.4 Å². The Balaban J connectivity index is 1.14. The number of carbonyl (C=O) groups excluding carboxylic acids is 2. The first-order valence-electron chi connectivity index (χ1n) is 13.5. The number of nitrogens with zero attached hydrogens (tertiary/aromatic N) is 4. The topological polar surface area (TPSA) is 70.0 Å². The van der Waals surface area contributed by atoms with Gasteiger partial charge in [-0.15, -0.1) is 0 Å². The van der Waals surface area contributed by atoms with Gasteiger partial charge in [0.25, 0.3) is 11.7 Å². The number of benzene rings is 2. The predicted molar refractivity (Wildman–Crippen MR) is 160 cm³/mol. The maximum absolute atomic E-state index is 13.5. The molecule has 0 spiro atoms. The van der Waals surface area contributed by atoms with E-state index in [2.05, 4.69) is 34.2 Å². The van der Waals surface area contributed by atoms with Crippen molar-refractivity contribution >= 4 is 34.4 Å². The van der Waals surface area contributed by atoms with E-state index in [4.69, 9.17) is 4.98 Å². The second kappa shape index (κ2) is 10.7. The summed E-state index contributed by atoms with van der Waals surface area (Å²) in [4.78, 5) is 36.0. The molecule has 0 bridgehead atoms. The summed E-state index contributed by atoms with van der Waals surface area (Å²) in [5, 5.41) is 2.81. The number of Topliss-reactive ketones (excluding diaryl/α,β-unsaturated/α-hetero) is 1. The van der Waals surface area contributed by atoms with Gasteiger partial charge in [-0.05, 0) is 73.5 Å². The van der Waals surface area contributed by atoms with Crippen molar-refractivity contribution in [2.75, 3.05) is 41.3 Å². The molecule has 7 nitrogen and oxygen atoms in total. The summed E-state index contributed by atoms with van der Waals surface area (Å²) in [5.41, 5.74) is 6.77. The first-order chi connectivity index (χ1) is 19.5. The molecule has 6 rings (SSSR count). The van der Waals surface area contributed by atoms with Crippen LogP contribution in [0.25, 0.3) is 16.6 Å². The highest BCUT2D eigenvalue weighted by molar-refractivity contribution is 6.47. The Morgan fingerprint density at radius 1 is 0.775 bits per heavy atom. The number of anilines is 3. The molecule has 1 fully saturated rings. The number of ketones is 1. The maximum atomic E-state index is 13.5. The van der Waals surface area contributed by atoms with Gasteiger partial charge in [0.1, 0.15) is 11.5 Å². The molecular weight excluding hydrogens is 498 g/mol. The fourth-order valence-corrected chi connectivity index (χ4v) is 5.23. The van der Waals surface area contributed by atoms with Gasteiger partial charge in [-0.3, -0.25) is 9.59 Å². The van der Waals surface area contributed by atoms with Gasteiger partial charge in [0, 0.05) is 60.5 Å². The SMILES string of the molecule is Cc1ccc(N2CCN(c3ccc(NC(=O)C(=O)c4c(-c5ccccc5)cc5ccccn45)cc3)CC2)nc1C. The highest BCUT2D eigenvalue weighted by Crippen LogP contribution is 2.29. The van der Waals surface area contributed by atoms with Crippen LogP contribution in [0.1, 0.15) is 21.7 Å². The minimum absolute atomic E-state index is 0.354. The van der Waals surface area contributed by atoms with Gasteiger partial charge in [0.15, 0.2) is 0 Å². The van der Waals surface area contributed by atoms with E-state index in [9.17, 15) is 9.59 Å². The summed E-state index contributed by atoms with van der Waals surface area (Å²) < 4.78 is 1.78. The molecule has 1 saturated heterocycles. The summed E-state index contributed by atoms with van der Waals surface area (Å²) in [6.45, 7) is 7.66. The van der Waals surface area contributed by atoms with E-state index in [1.54, 1.807) is 4.40 Å². The van der Waals surface area contributed by atoms with Crippen LogP contribution in [0.15, 0.2) is 97.2 Å².